The van der Waals surface area contributed by atoms with Gasteiger partial charge in [-0.25, -0.2) is 4.21 Å². The Hall–Kier alpha value is -3.85. The van der Waals surface area contributed by atoms with Gasteiger partial charge in [0, 0.05) is 35.0 Å². The number of hydrogen-bond acceptors (Lipinski definition) is 6. The Labute approximate surface area is 165 Å². The summed E-state index contributed by atoms with van der Waals surface area (Å²) < 4.78 is 19.5. The van der Waals surface area contributed by atoms with E-state index in [0.29, 0.717) is 42.8 Å². The zero-order valence-electron chi connectivity index (χ0n) is 14.5. The van der Waals surface area contributed by atoms with Crippen molar-refractivity contribution >= 4 is 43.7 Å². The van der Waals surface area contributed by atoms with Crippen LogP contribution in [0.3, 0.4) is 0 Å². The molecule has 0 saturated carbocycles. The fourth-order valence-corrected chi connectivity index (χ4v) is 5.09. The molecule has 0 saturated heterocycles. The molecule has 142 valence electrons. The Balaban J connectivity index is 1.75. The fraction of sp³-hybridized carbons (Fsp3) is 0. The predicted octanol–water partition coefficient (Wildman–Crippen LogP) is 5.08. The maximum Gasteiger partial charge on any atom is 0.270 e. The van der Waals surface area contributed by atoms with Crippen LogP contribution in [0.4, 0.5) is 11.4 Å². The molecule has 0 amide bonds. The van der Waals surface area contributed by atoms with E-state index in [9.17, 15) is 24.4 Å². The van der Waals surface area contributed by atoms with Crippen LogP contribution in [-0.4, -0.2) is 14.1 Å². The number of non-ortho nitro benzene ring substituents is 2. The minimum Gasteiger partial charge on any atom is -0.455 e. The Bertz CT molecular complexity index is 1310. The van der Waals surface area contributed by atoms with E-state index in [1.165, 1.54) is 24.3 Å². The van der Waals surface area contributed by atoms with Crippen LogP contribution >= 0.6 is 0 Å². The van der Waals surface area contributed by atoms with E-state index >= 15 is 0 Å². The third kappa shape index (κ3) is 2.55. The third-order valence-electron chi connectivity index (χ3n) is 4.85. The number of nitro groups is 2. The van der Waals surface area contributed by atoms with E-state index in [-0.39, 0.29) is 11.4 Å². The summed E-state index contributed by atoms with van der Waals surface area (Å²) in [7, 11) is -1.64. The molecule has 4 aromatic carbocycles. The van der Waals surface area contributed by atoms with Gasteiger partial charge in [0.25, 0.3) is 11.4 Å². The van der Waals surface area contributed by atoms with Crippen molar-refractivity contribution in [3.8, 4) is 11.5 Å². The van der Waals surface area contributed by atoms with Gasteiger partial charge in [0.1, 0.15) is 11.5 Å². The quantitative estimate of drug-likeness (QED) is 0.298. The van der Waals surface area contributed by atoms with Crippen molar-refractivity contribution in [3.05, 3.63) is 80.9 Å². The molecule has 0 bridgehead atoms. The fourth-order valence-electron chi connectivity index (χ4n) is 3.53. The number of nitrogens with zero attached hydrogens (tertiary/aromatic N) is 2. The van der Waals surface area contributed by atoms with Crippen molar-refractivity contribution < 1.29 is 18.8 Å². The molecular formula is C20H10N2O6S. The molecule has 4 aromatic rings. The van der Waals surface area contributed by atoms with E-state index < -0.39 is 20.6 Å². The highest BCUT2D eigenvalue weighted by Gasteiger charge is 2.29. The summed E-state index contributed by atoms with van der Waals surface area (Å²) >= 11 is 0. The number of rotatable bonds is 2. The Morgan fingerprint density at radius 1 is 0.690 bits per heavy atom. The van der Waals surface area contributed by atoms with Crippen molar-refractivity contribution in [2.45, 2.75) is 9.79 Å². The number of nitro benzene ring substituents is 2. The molecule has 9 heteroatoms. The van der Waals surface area contributed by atoms with E-state index in [4.69, 9.17) is 4.74 Å². The first kappa shape index (κ1) is 17.3. The smallest absolute Gasteiger partial charge is 0.270 e. The molecule has 0 N–H and O–H groups in total. The molecule has 0 radical (unpaired) electrons. The SMILES string of the molecule is O=[N+]([O-])c1ccc2c3c(ccc2c1)Oc1ccc2cc([N+](=O)[O-])ccc2c1S3=O. The van der Waals surface area contributed by atoms with Gasteiger partial charge in [0.15, 0.2) is 0 Å². The second-order valence-electron chi connectivity index (χ2n) is 6.48. The van der Waals surface area contributed by atoms with E-state index in [2.05, 4.69) is 0 Å². The summed E-state index contributed by atoms with van der Waals surface area (Å²) in [5.41, 5.74) is -0.115. The van der Waals surface area contributed by atoms with Crippen LogP contribution in [0.1, 0.15) is 0 Å². The molecule has 1 aliphatic rings. The maximum absolute atomic E-state index is 13.5. The van der Waals surface area contributed by atoms with Crippen molar-refractivity contribution in [2.75, 3.05) is 0 Å². The lowest BCUT2D eigenvalue weighted by molar-refractivity contribution is -0.384. The van der Waals surface area contributed by atoms with Crippen molar-refractivity contribution in [1.29, 1.82) is 0 Å². The molecule has 1 heterocycles. The van der Waals surface area contributed by atoms with Crippen LogP contribution in [0.25, 0.3) is 21.5 Å². The summed E-state index contributed by atoms with van der Waals surface area (Å²) in [6.45, 7) is 0. The van der Waals surface area contributed by atoms with Crippen LogP contribution < -0.4 is 4.74 Å². The number of ether oxygens (including phenoxy) is 1. The first-order valence-corrected chi connectivity index (χ1v) is 9.61. The van der Waals surface area contributed by atoms with Crippen molar-refractivity contribution in [3.63, 3.8) is 0 Å². The highest BCUT2D eigenvalue weighted by atomic mass is 32.2. The molecule has 0 spiro atoms. The highest BCUT2D eigenvalue weighted by Crippen LogP contribution is 2.46. The average molecular weight is 406 g/mol. The minimum absolute atomic E-state index is 0.0573. The first-order chi connectivity index (χ1) is 13.9. The lowest BCUT2D eigenvalue weighted by Gasteiger charge is -2.22. The first-order valence-electron chi connectivity index (χ1n) is 8.46. The molecule has 29 heavy (non-hydrogen) atoms. The van der Waals surface area contributed by atoms with Crippen LogP contribution in [0, 0.1) is 20.2 Å². The highest BCUT2D eigenvalue weighted by molar-refractivity contribution is 7.86. The summed E-state index contributed by atoms with van der Waals surface area (Å²) in [5.74, 6) is 0.830. The summed E-state index contributed by atoms with van der Waals surface area (Å²) in [6.07, 6.45) is 0. The second-order valence-corrected chi connectivity index (χ2v) is 7.84. The standard InChI is InChI=1S/C20H10N2O6S/c23-21(24)13-3-5-15-11(9-13)1-7-17-19(15)29(27)20-16-6-4-14(22(25)26)10-12(16)2-8-18(20)28-17/h1-10H. The Kier molecular flexibility index (Phi) is 3.62. The van der Waals surface area contributed by atoms with Gasteiger partial charge in [-0.15, -0.1) is 0 Å². The lowest BCUT2D eigenvalue weighted by atomic mass is 10.1. The van der Waals surface area contributed by atoms with E-state index in [0.717, 1.165) is 0 Å². The molecule has 0 aliphatic carbocycles. The Morgan fingerprint density at radius 2 is 1.14 bits per heavy atom. The van der Waals surface area contributed by atoms with Crippen LogP contribution in [0.15, 0.2) is 70.5 Å². The summed E-state index contributed by atoms with van der Waals surface area (Å²) in [5, 5.41) is 24.5. The number of benzene rings is 4. The summed E-state index contributed by atoms with van der Waals surface area (Å²) in [6, 6.07) is 15.4. The number of hydrogen-bond donors (Lipinski definition) is 0. The lowest BCUT2D eigenvalue weighted by Crippen LogP contribution is -2.07. The molecule has 0 fully saturated rings. The van der Waals surface area contributed by atoms with Crippen molar-refractivity contribution in [2.24, 2.45) is 0 Å². The molecule has 0 unspecified atom stereocenters. The monoisotopic (exact) mass is 406 g/mol. The minimum atomic E-state index is -1.64. The zero-order chi connectivity index (χ0) is 20.3. The molecule has 0 aromatic heterocycles. The van der Waals surface area contributed by atoms with Gasteiger partial charge in [0.05, 0.1) is 30.4 Å². The van der Waals surface area contributed by atoms with Crippen LogP contribution in [0.5, 0.6) is 11.5 Å². The predicted molar refractivity (Wildman–Crippen MR) is 106 cm³/mol. The molecule has 5 rings (SSSR count). The molecule has 0 atom stereocenters. The van der Waals surface area contributed by atoms with Gasteiger partial charge >= 0.3 is 0 Å². The zero-order valence-corrected chi connectivity index (χ0v) is 15.3. The van der Waals surface area contributed by atoms with Gasteiger partial charge in [-0.3, -0.25) is 20.2 Å². The second kappa shape index (κ2) is 6.08. The van der Waals surface area contributed by atoms with Gasteiger partial charge < -0.3 is 4.74 Å². The molecule has 1 aliphatic heterocycles. The topological polar surface area (TPSA) is 113 Å². The van der Waals surface area contributed by atoms with Gasteiger partial charge in [0.2, 0.25) is 0 Å². The molecule has 8 nitrogen and oxygen atoms in total. The van der Waals surface area contributed by atoms with Crippen molar-refractivity contribution in [1.82, 2.24) is 0 Å². The summed E-state index contributed by atoms with van der Waals surface area (Å²) in [4.78, 5) is 22.0. The van der Waals surface area contributed by atoms with Gasteiger partial charge in [-0.05, 0) is 35.0 Å². The van der Waals surface area contributed by atoms with E-state index in [1.807, 2.05) is 0 Å². The molecular weight excluding hydrogens is 396 g/mol. The normalized spacial score (nSPS) is 13.0. The number of fused-ring (bicyclic) bond motifs is 6. The van der Waals surface area contributed by atoms with Gasteiger partial charge in [-0.1, -0.05) is 12.1 Å². The average Bonchev–Trinajstić information content (AvgIpc) is 2.72. The largest absolute Gasteiger partial charge is 0.455 e. The maximum atomic E-state index is 13.5. The van der Waals surface area contributed by atoms with Gasteiger partial charge in [-0.2, -0.15) is 0 Å². The van der Waals surface area contributed by atoms with Crippen LogP contribution in [-0.2, 0) is 10.8 Å². The Morgan fingerprint density at radius 3 is 1.55 bits per heavy atom. The van der Waals surface area contributed by atoms with E-state index in [1.54, 1.807) is 36.4 Å². The third-order valence-corrected chi connectivity index (χ3v) is 6.43. The van der Waals surface area contributed by atoms with Crippen LogP contribution in [0.2, 0.25) is 0 Å².